The number of carbonyl (C=O) groups excluding carboxylic acids is 2. The number of nitrogens with zero attached hydrogens (tertiary/aromatic N) is 1. The van der Waals surface area contributed by atoms with Gasteiger partial charge in [-0.1, -0.05) is 31.9 Å². The maximum absolute atomic E-state index is 12.4. The van der Waals surface area contributed by atoms with E-state index >= 15 is 0 Å². The topological polar surface area (TPSA) is 98.7 Å². The summed E-state index contributed by atoms with van der Waals surface area (Å²) >= 11 is 6.13. The van der Waals surface area contributed by atoms with Gasteiger partial charge in [0.25, 0.3) is 5.91 Å². The van der Waals surface area contributed by atoms with Gasteiger partial charge in [0.2, 0.25) is 0 Å². The zero-order valence-corrected chi connectivity index (χ0v) is 14.3. The van der Waals surface area contributed by atoms with Crippen LogP contribution >= 0.6 is 11.6 Å². The highest BCUT2D eigenvalue weighted by Crippen LogP contribution is 2.28. The van der Waals surface area contributed by atoms with E-state index in [9.17, 15) is 19.5 Å². The molecule has 1 heterocycles. The zero-order valence-electron chi connectivity index (χ0n) is 13.5. The van der Waals surface area contributed by atoms with Gasteiger partial charge in [-0.2, -0.15) is 0 Å². The van der Waals surface area contributed by atoms with Gasteiger partial charge in [0.15, 0.2) is 0 Å². The first-order chi connectivity index (χ1) is 11.3. The lowest BCUT2D eigenvalue weighted by Gasteiger charge is -2.21. The molecule has 1 aliphatic rings. The number of carboxylic acid groups (broad SMARTS) is 1. The summed E-state index contributed by atoms with van der Waals surface area (Å²) in [6.07, 6.45) is 0.622. The van der Waals surface area contributed by atoms with Crippen LogP contribution in [0, 0.1) is 5.92 Å². The number of nitrogens with one attached hydrogen (secondary N) is 2. The number of amides is 3. The average Bonchev–Trinajstić information content (AvgIpc) is 2.97. The summed E-state index contributed by atoms with van der Waals surface area (Å²) in [5.41, 5.74) is 0.679. The van der Waals surface area contributed by atoms with Gasteiger partial charge in [-0.3, -0.25) is 9.69 Å². The van der Waals surface area contributed by atoms with Crippen molar-refractivity contribution in [2.75, 3.05) is 18.0 Å². The first kappa shape index (κ1) is 18.1. The Labute approximate surface area is 145 Å². The molecule has 1 saturated heterocycles. The normalized spacial score (nSPS) is 16.5. The van der Waals surface area contributed by atoms with Crippen LogP contribution < -0.4 is 15.5 Å². The maximum Gasteiger partial charge on any atom is 0.326 e. The van der Waals surface area contributed by atoms with E-state index < -0.39 is 17.9 Å². The molecule has 0 aliphatic carbocycles. The Balaban J connectivity index is 2.23. The molecule has 0 saturated carbocycles. The Morgan fingerprint density at radius 1 is 1.46 bits per heavy atom. The van der Waals surface area contributed by atoms with E-state index in [0.717, 1.165) is 0 Å². The fourth-order valence-corrected chi connectivity index (χ4v) is 2.69. The lowest BCUT2D eigenvalue weighted by molar-refractivity contribution is -0.140. The largest absolute Gasteiger partial charge is 0.480 e. The lowest BCUT2D eigenvalue weighted by atomic mass is 9.99. The summed E-state index contributed by atoms with van der Waals surface area (Å²) in [7, 11) is 0. The Morgan fingerprint density at radius 2 is 2.17 bits per heavy atom. The number of rotatable bonds is 6. The van der Waals surface area contributed by atoms with Gasteiger partial charge >= 0.3 is 12.0 Å². The van der Waals surface area contributed by atoms with E-state index in [1.165, 1.54) is 23.1 Å². The van der Waals surface area contributed by atoms with Gasteiger partial charge in [-0.25, -0.2) is 9.59 Å². The summed E-state index contributed by atoms with van der Waals surface area (Å²) < 4.78 is 0. The predicted octanol–water partition coefficient (Wildman–Crippen LogP) is 2.10. The quantitative estimate of drug-likeness (QED) is 0.729. The van der Waals surface area contributed by atoms with Crippen molar-refractivity contribution < 1.29 is 19.5 Å². The first-order valence-electron chi connectivity index (χ1n) is 7.73. The number of carbonyl (C=O) groups is 3. The van der Waals surface area contributed by atoms with Gasteiger partial charge in [-0.05, 0) is 24.1 Å². The van der Waals surface area contributed by atoms with Crippen molar-refractivity contribution in [3.05, 3.63) is 28.8 Å². The molecule has 0 bridgehead atoms. The lowest BCUT2D eigenvalue weighted by Crippen LogP contribution is -2.45. The number of carboxylic acids is 1. The highest BCUT2D eigenvalue weighted by Gasteiger charge is 2.27. The van der Waals surface area contributed by atoms with Gasteiger partial charge in [-0.15, -0.1) is 0 Å². The van der Waals surface area contributed by atoms with E-state index in [0.29, 0.717) is 30.2 Å². The monoisotopic (exact) mass is 353 g/mol. The minimum absolute atomic E-state index is 0.206. The molecule has 3 N–H and O–H groups in total. The number of urea groups is 1. The summed E-state index contributed by atoms with van der Waals surface area (Å²) in [5, 5.41) is 14.8. The van der Waals surface area contributed by atoms with Crippen molar-refractivity contribution in [3.8, 4) is 0 Å². The average molecular weight is 354 g/mol. The highest BCUT2D eigenvalue weighted by atomic mass is 35.5. The number of hydrogen-bond acceptors (Lipinski definition) is 3. The number of aliphatic carboxylic acids is 1. The number of halogens is 1. The number of benzene rings is 1. The Morgan fingerprint density at radius 3 is 2.71 bits per heavy atom. The third kappa shape index (κ3) is 3.79. The van der Waals surface area contributed by atoms with Crippen LogP contribution in [0.2, 0.25) is 5.02 Å². The number of hydrogen-bond donors (Lipinski definition) is 3. The summed E-state index contributed by atoms with van der Waals surface area (Å²) in [5.74, 6) is -1.80. The van der Waals surface area contributed by atoms with Crippen LogP contribution in [0.15, 0.2) is 18.2 Å². The van der Waals surface area contributed by atoms with Crippen LogP contribution in [0.5, 0.6) is 0 Å². The summed E-state index contributed by atoms with van der Waals surface area (Å²) in [6, 6.07) is 3.27. The van der Waals surface area contributed by atoms with Crippen molar-refractivity contribution in [1.82, 2.24) is 10.6 Å². The Hall–Kier alpha value is -2.28. The van der Waals surface area contributed by atoms with Gasteiger partial charge in [0, 0.05) is 18.7 Å². The molecule has 1 aliphatic heterocycles. The van der Waals surface area contributed by atoms with Gasteiger partial charge < -0.3 is 15.7 Å². The molecule has 2 rings (SSSR count). The summed E-state index contributed by atoms with van der Waals surface area (Å²) in [6.45, 7) is 4.58. The van der Waals surface area contributed by atoms with E-state index in [1.54, 1.807) is 6.92 Å². The fourth-order valence-electron chi connectivity index (χ4n) is 2.47. The minimum Gasteiger partial charge on any atom is -0.480 e. The van der Waals surface area contributed by atoms with Crippen LogP contribution in [0.25, 0.3) is 0 Å². The van der Waals surface area contributed by atoms with Gasteiger partial charge in [0.05, 0.1) is 10.7 Å². The Kier molecular flexibility index (Phi) is 5.66. The second-order valence-electron chi connectivity index (χ2n) is 5.72. The maximum atomic E-state index is 12.4. The predicted molar refractivity (Wildman–Crippen MR) is 90.5 cm³/mol. The minimum atomic E-state index is -1.08. The molecule has 0 unspecified atom stereocenters. The molecular weight excluding hydrogens is 334 g/mol. The van der Waals surface area contributed by atoms with E-state index in [2.05, 4.69) is 10.6 Å². The molecule has 0 aromatic heterocycles. The highest BCUT2D eigenvalue weighted by molar-refractivity contribution is 6.34. The molecule has 1 fully saturated rings. The van der Waals surface area contributed by atoms with Crippen molar-refractivity contribution in [2.45, 2.75) is 26.3 Å². The molecule has 1 aromatic carbocycles. The van der Waals surface area contributed by atoms with E-state index in [4.69, 9.17) is 11.6 Å². The molecule has 3 amide bonds. The molecule has 7 nitrogen and oxygen atoms in total. The van der Waals surface area contributed by atoms with Crippen molar-refractivity contribution in [3.63, 3.8) is 0 Å². The fraction of sp³-hybridized carbons (Fsp3) is 0.438. The number of anilines is 1. The molecule has 0 spiro atoms. The zero-order chi connectivity index (χ0) is 17.9. The standard InChI is InChI=1S/C16H20ClN3O4/c1-3-9(2)13(15(22)23)19-14(21)10-4-5-11(17)12(8-10)20-7-6-18-16(20)24/h4-5,8-9,13H,3,6-7H2,1-2H3,(H,18,24)(H,19,21)(H,22,23)/t9-,13-/m0/s1. The third-order valence-corrected chi connectivity index (χ3v) is 4.44. The first-order valence-corrected chi connectivity index (χ1v) is 8.11. The smallest absolute Gasteiger partial charge is 0.326 e. The van der Waals surface area contributed by atoms with Crippen molar-refractivity contribution >= 4 is 35.2 Å². The Bertz CT molecular complexity index is 665. The molecule has 2 atom stereocenters. The molecule has 1 aromatic rings. The third-order valence-electron chi connectivity index (χ3n) is 4.12. The van der Waals surface area contributed by atoms with Crippen LogP contribution in [0.1, 0.15) is 30.6 Å². The summed E-state index contributed by atoms with van der Waals surface area (Å²) in [4.78, 5) is 37.0. The molecule has 24 heavy (non-hydrogen) atoms. The SMILES string of the molecule is CC[C@H](C)[C@H](NC(=O)c1ccc(Cl)c(N2CCNC2=O)c1)C(=O)O. The van der Waals surface area contributed by atoms with Gasteiger partial charge in [0.1, 0.15) is 6.04 Å². The second-order valence-corrected chi connectivity index (χ2v) is 6.13. The van der Waals surface area contributed by atoms with Crippen molar-refractivity contribution in [1.29, 1.82) is 0 Å². The van der Waals surface area contributed by atoms with E-state index in [-0.39, 0.29) is 17.5 Å². The van der Waals surface area contributed by atoms with Crippen LogP contribution in [-0.4, -0.2) is 42.1 Å². The second kappa shape index (κ2) is 7.53. The molecule has 130 valence electrons. The van der Waals surface area contributed by atoms with Crippen LogP contribution in [0.3, 0.4) is 0 Å². The van der Waals surface area contributed by atoms with E-state index in [1.807, 2.05) is 6.92 Å². The molecule has 0 radical (unpaired) electrons. The molecule has 8 heteroatoms. The van der Waals surface area contributed by atoms with Crippen molar-refractivity contribution in [2.24, 2.45) is 5.92 Å². The molecular formula is C16H20ClN3O4. The van der Waals surface area contributed by atoms with Crippen LogP contribution in [-0.2, 0) is 4.79 Å². The van der Waals surface area contributed by atoms with Crippen LogP contribution in [0.4, 0.5) is 10.5 Å².